The molecule has 0 aliphatic carbocycles. The summed E-state index contributed by atoms with van der Waals surface area (Å²) in [5.41, 5.74) is 5.46. The zero-order chi connectivity index (χ0) is 18.2. The molecule has 0 spiro atoms. The van der Waals surface area contributed by atoms with Gasteiger partial charge in [-0.05, 0) is 49.6 Å². The molecule has 0 heterocycles. The summed E-state index contributed by atoms with van der Waals surface area (Å²) in [6, 6.07) is 18.5. The molecule has 128 valence electrons. The molecule has 0 amide bonds. The van der Waals surface area contributed by atoms with Crippen LogP contribution < -0.4 is 0 Å². The van der Waals surface area contributed by atoms with Crippen molar-refractivity contribution in [2.75, 3.05) is 0 Å². The molecule has 1 atom stereocenters. The number of Topliss-reactive ketones (excluding diaryl/α,β-unsaturated/α-hetero) is 1. The van der Waals surface area contributed by atoms with Gasteiger partial charge in [0.2, 0.25) is 0 Å². The SMILES string of the molecule is Cc1cc(C)cc(C(C)(S)CC(=O)c2ccc(C)c3ccccc23)c1. The molecule has 0 aliphatic heterocycles. The van der Waals surface area contributed by atoms with Gasteiger partial charge < -0.3 is 0 Å². The third kappa shape index (κ3) is 3.64. The minimum atomic E-state index is -0.500. The number of aryl methyl sites for hydroxylation is 3. The van der Waals surface area contributed by atoms with Gasteiger partial charge in [0.15, 0.2) is 5.78 Å². The van der Waals surface area contributed by atoms with Crippen molar-refractivity contribution < 1.29 is 4.79 Å². The van der Waals surface area contributed by atoms with Crippen LogP contribution in [0.3, 0.4) is 0 Å². The quantitative estimate of drug-likeness (QED) is 0.440. The molecule has 25 heavy (non-hydrogen) atoms. The minimum Gasteiger partial charge on any atom is -0.294 e. The Kier molecular flexibility index (Phi) is 4.75. The standard InChI is InChI=1S/C23H24OS/c1-15-11-16(2)13-18(12-15)23(4,25)14-22(24)21-10-9-17(3)19-7-5-6-8-20(19)21/h5-13,25H,14H2,1-4H3. The van der Waals surface area contributed by atoms with E-state index in [0.29, 0.717) is 6.42 Å². The summed E-state index contributed by atoms with van der Waals surface area (Å²) in [6.07, 6.45) is 0.367. The van der Waals surface area contributed by atoms with E-state index < -0.39 is 4.75 Å². The second kappa shape index (κ2) is 6.68. The molecule has 0 saturated heterocycles. The molecule has 0 N–H and O–H groups in total. The van der Waals surface area contributed by atoms with Crippen molar-refractivity contribution in [2.24, 2.45) is 0 Å². The van der Waals surface area contributed by atoms with E-state index in [9.17, 15) is 4.79 Å². The second-order valence-electron chi connectivity index (χ2n) is 7.23. The van der Waals surface area contributed by atoms with Crippen LogP contribution in [-0.2, 0) is 4.75 Å². The molecule has 1 nitrogen and oxygen atoms in total. The number of carbonyl (C=O) groups is 1. The number of benzene rings is 3. The van der Waals surface area contributed by atoms with Crippen LogP contribution in [0.25, 0.3) is 10.8 Å². The highest BCUT2D eigenvalue weighted by Crippen LogP contribution is 2.35. The van der Waals surface area contributed by atoms with E-state index in [1.54, 1.807) is 0 Å². The van der Waals surface area contributed by atoms with Gasteiger partial charge in [-0.15, -0.1) is 0 Å². The van der Waals surface area contributed by atoms with Crippen molar-refractivity contribution in [3.05, 3.63) is 82.4 Å². The van der Waals surface area contributed by atoms with Gasteiger partial charge in [0.25, 0.3) is 0 Å². The number of rotatable bonds is 4. The van der Waals surface area contributed by atoms with Gasteiger partial charge in [-0.25, -0.2) is 0 Å². The minimum absolute atomic E-state index is 0.132. The Morgan fingerprint density at radius 3 is 2.16 bits per heavy atom. The maximum atomic E-state index is 13.1. The van der Waals surface area contributed by atoms with Crippen molar-refractivity contribution in [1.82, 2.24) is 0 Å². The van der Waals surface area contributed by atoms with Gasteiger partial charge in [-0.3, -0.25) is 4.79 Å². The number of carbonyl (C=O) groups excluding carboxylic acids is 1. The zero-order valence-electron chi connectivity index (χ0n) is 15.3. The Labute approximate surface area is 155 Å². The smallest absolute Gasteiger partial charge is 0.165 e. The number of fused-ring (bicyclic) bond motifs is 1. The molecule has 0 radical (unpaired) electrons. The Balaban J connectivity index is 1.98. The van der Waals surface area contributed by atoms with Gasteiger partial charge in [-0.1, -0.05) is 65.7 Å². The third-order valence-corrected chi connectivity index (χ3v) is 5.21. The van der Waals surface area contributed by atoms with E-state index in [4.69, 9.17) is 12.6 Å². The van der Waals surface area contributed by atoms with E-state index in [0.717, 1.165) is 21.9 Å². The molecule has 0 saturated carbocycles. The Bertz CT molecular complexity index is 933. The maximum absolute atomic E-state index is 13.1. The lowest BCUT2D eigenvalue weighted by molar-refractivity contribution is 0.0973. The van der Waals surface area contributed by atoms with Crippen LogP contribution in [0.2, 0.25) is 0 Å². The Morgan fingerprint density at radius 2 is 1.52 bits per heavy atom. The van der Waals surface area contributed by atoms with E-state index in [1.807, 2.05) is 37.3 Å². The molecule has 3 aromatic carbocycles. The van der Waals surface area contributed by atoms with E-state index in [1.165, 1.54) is 16.7 Å². The zero-order valence-corrected chi connectivity index (χ0v) is 16.2. The van der Waals surface area contributed by atoms with Crippen LogP contribution in [0, 0.1) is 20.8 Å². The van der Waals surface area contributed by atoms with Crippen LogP contribution in [0.5, 0.6) is 0 Å². The van der Waals surface area contributed by atoms with Gasteiger partial charge in [0, 0.05) is 16.7 Å². The van der Waals surface area contributed by atoms with Gasteiger partial charge in [0.05, 0.1) is 0 Å². The fourth-order valence-electron chi connectivity index (χ4n) is 3.49. The fraction of sp³-hybridized carbons (Fsp3) is 0.261. The summed E-state index contributed by atoms with van der Waals surface area (Å²) in [4.78, 5) is 13.1. The summed E-state index contributed by atoms with van der Waals surface area (Å²) < 4.78 is -0.500. The third-order valence-electron chi connectivity index (χ3n) is 4.79. The lowest BCUT2D eigenvalue weighted by Crippen LogP contribution is -2.20. The lowest BCUT2D eigenvalue weighted by atomic mass is 9.88. The molecule has 3 aromatic rings. The van der Waals surface area contributed by atoms with Crippen LogP contribution in [0.1, 0.15) is 46.0 Å². The van der Waals surface area contributed by atoms with Gasteiger partial charge in [0.1, 0.15) is 0 Å². The number of hydrogen-bond donors (Lipinski definition) is 1. The highest BCUT2D eigenvalue weighted by atomic mass is 32.1. The summed E-state index contributed by atoms with van der Waals surface area (Å²) in [6.45, 7) is 8.26. The molecule has 0 fully saturated rings. The van der Waals surface area contributed by atoms with E-state index in [2.05, 4.69) is 45.0 Å². The summed E-state index contributed by atoms with van der Waals surface area (Å²) in [5, 5.41) is 2.16. The molecular weight excluding hydrogens is 324 g/mol. The molecule has 0 aliphatic rings. The lowest BCUT2D eigenvalue weighted by Gasteiger charge is -2.25. The van der Waals surface area contributed by atoms with Crippen molar-refractivity contribution in [2.45, 2.75) is 38.9 Å². The van der Waals surface area contributed by atoms with Gasteiger partial charge >= 0.3 is 0 Å². The first-order valence-electron chi connectivity index (χ1n) is 8.60. The van der Waals surface area contributed by atoms with Crippen molar-refractivity contribution in [3.63, 3.8) is 0 Å². The van der Waals surface area contributed by atoms with Crippen LogP contribution in [0.15, 0.2) is 54.6 Å². The Hall–Kier alpha value is -2.06. The average molecular weight is 349 g/mol. The average Bonchev–Trinajstić information content (AvgIpc) is 2.54. The van der Waals surface area contributed by atoms with Crippen LogP contribution in [-0.4, -0.2) is 5.78 Å². The first kappa shape index (κ1) is 17.8. The summed E-state index contributed by atoms with van der Waals surface area (Å²) in [5.74, 6) is 0.132. The van der Waals surface area contributed by atoms with Crippen molar-refractivity contribution in [3.8, 4) is 0 Å². The molecule has 3 rings (SSSR count). The maximum Gasteiger partial charge on any atom is 0.165 e. The second-order valence-corrected chi connectivity index (χ2v) is 8.21. The first-order valence-corrected chi connectivity index (χ1v) is 9.05. The number of ketones is 1. The molecular formula is C23H24OS. The fourth-order valence-corrected chi connectivity index (χ4v) is 3.76. The highest BCUT2D eigenvalue weighted by Gasteiger charge is 2.27. The molecule has 0 bridgehead atoms. The van der Waals surface area contributed by atoms with Crippen molar-refractivity contribution >= 4 is 29.2 Å². The molecule has 2 heteroatoms. The first-order chi connectivity index (χ1) is 11.8. The number of hydrogen-bond acceptors (Lipinski definition) is 2. The normalized spacial score (nSPS) is 13.6. The van der Waals surface area contributed by atoms with Crippen molar-refractivity contribution in [1.29, 1.82) is 0 Å². The molecule has 0 aromatic heterocycles. The monoisotopic (exact) mass is 348 g/mol. The highest BCUT2D eigenvalue weighted by molar-refractivity contribution is 7.81. The van der Waals surface area contributed by atoms with Crippen LogP contribution in [0.4, 0.5) is 0 Å². The Morgan fingerprint density at radius 1 is 0.920 bits per heavy atom. The van der Waals surface area contributed by atoms with Crippen LogP contribution >= 0.6 is 12.6 Å². The van der Waals surface area contributed by atoms with E-state index in [-0.39, 0.29) is 5.78 Å². The van der Waals surface area contributed by atoms with Gasteiger partial charge in [-0.2, -0.15) is 12.6 Å². The summed E-state index contributed by atoms with van der Waals surface area (Å²) in [7, 11) is 0. The summed E-state index contributed by atoms with van der Waals surface area (Å²) >= 11 is 4.85. The predicted molar refractivity (Wildman–Crippen MR) is 110 cm³/mol. The largest absolute Gasteiger partial charge is 0.294 e. The predicted octanol–water partition coefficient (Wildman–Crippen LogP) is 6.18. The molecule has 1 unspecified atom stereocenters. The number of thiol groups is 1. The topological polar surface area (TPSA) is 17.1 Å². The van der Waals surface area contributed by atoms with E-state index >= 15 is 0 Å².